The van der Waals surface area contributed by atoms with Crippen molar-refractivity contribution in [2.24, 2.45) is 5.73 Å². The normalized spacial score (nSPS) is 20.4. The second-order valence-electron chi connectivity index (χ2n) is 9.14. The minimum Gasteiger partial charge on any atom is -0.373 e. The maximum atomic E-state index is 12.4. The van der Waals surface area contributed by atoms with Gasteiger partial charge in [0.15, 0.2) is 11.5 Å². The van der Waals surface area contributed by atoms with Crippen LogP contribution in [-0.4, -0.2) is 50.4 Å². The van der Waals surface area contributed by atoms with Crippen LogP contribution in [0.2, 0.25) is 0 Å². The summed E-state index contributed by atoms with van der Waals surface area (Å²) in [5.74, 6) is -0.320. The highest BCUT2D eigenvalue weighted by atomic mass is 16.5. The molecule has 1 aliphatic heterocycles. The molecule has 0 spiro atoms. The Morgan fingerprint density at radius 2 is 2.03 bits per heavy atom. The van der Waals surface area contributed by atoms with Gasteiger partial charge in [0.1, 0.15) is 5.69 Å². The molecular weight excluding hydrogens is 434 g/mol. The van der Waals surface area contributed by atoms with E-state index in [1.807, 2.05) is 36.4 Å². The van der Waals surface area contributed by atoms with Crippen molar-refractivity contribution < 1.29 is 19.2 Å². The Morgan fingerprint density at radius 1 is 1.21 bits per heavy atom. The second-order valence-corrected chi connectivity index (χ2v) is 9.14. The Balaban J connectivity index is 1.40. The summed E-state index contributed by atoms with van der Waals surface area (Å²) in [6, 6.07) is 15.1. The Bertz CT molecular complexity index is 1470. The third-order valence-electron chi connectivity index (χ3n) is 6.80. The van der Waals surface area contributed by atoms with Gasteiger partial charge in [-0.3, -0.25) is 9.59 Å². The van der Waals surface area contributed by atoms with Crippen molar-refractivity contribution in [3.63, 3.8) is 0 Å². The van der Waals surface area contributed by atoms with Gasteiger partial charge < -0.3 is 20.3 Å². The molecule has 0 bridgehead atoms. The number of rotatable bonds is 5. The van der Waals surface area contributed by atoms with Crippen molar-refractivity contribution in [3.8, 4) is 16.9 Å². The first-order valence-corrected chi connectivity index (χ1v) is 11.2. The number of fused-ring (bicyclic) bond motifs is 1. The van der Waals surface area contributed by atoms with E-state index in [4.69, 9.17) is 10.3 Å². The molecule has 9 heteroatoms. The van der Waals surface area contributed by atoms with Crippen LogP contribution in [0, 0.1) is 0 Å². The molecule has 34 heavy (non-hydrogen) atoms. The minimum atomic E-state index is -1.70. The van der Waals surface area contributed by atoms with E-state index in [0.717, 1.165) is 23.7 Å². The summed E-state index contributed by atoms with van der Waals surface area (Å²) in [5.41, 5.74) is 8.06. The fourth-order valence-corrected chi connectivity index (χ4v) is 4.67. The first-order chi connectivity index (χ1) is 16.3. The van der Waals surface area contributed by atoms with Crippen molar-refractivity contribution in [3.05, 3.63) is 65.5 Å². The van der Waals surface area contributed by atoms with Gasteiger partial charge in [-0.15, -0.1) is 0 Å². The topological polar surface area (TPSA) is 127 Å². The zero-order valence-corrected chi connectivity index (χ0v) is 18.6. The van der Waals surface area contributed by atoms with Crippen LogP contribution in [0.4, 0.5) is 0 Å². The number of hydrogen-bond acceptors (Lipinski definition) is 6. The van der Waals surface area contributed by atoms with E-state index in [1.54, 1.807) is 17.8 Å². The lowest BCUT2D eigenvalue weighted by atomic mass is 9.98. The summed E-state index contributed by atoms with van der Waals surface area (Å²) in [5, 5.41) is 20.2. The number of carbonyl (C=O) groups excluding carboxylic acids is 2. The number of nitrogens with zero attached hydrogens (tertiary/aromatic N) is 4. The summed E-state index contributed by atoms with van der Waals surface area (Å²) in [6.07, 6.45) is 2.56. The fourth-order valence-electron chi connectivity index (χ4n) is 4.67. The fraction of sp³-hybridized carbons (Fsp3) is 0.280. The average molecular weight is 457 g/mol. The van der Waals surface area contributed by atoms with Gasteiger partial charge >= 0.3 is 0 Å². The number of hydrogen-bond donors (Lipinski definition) is 2. The highest BCUT2D eigenvalue weighted by Gasteiger charge is 2.48. The van der Waals surface area contributed by atoms with E-state index < -0.39 is 17.4 Å². The Labute approximate surface area is 194 Å². The van der Waals surface area contributed by atoms with Gasteiger partial charge in [-0.1, -0.05) is 23.4 Å². The van der Waals surface area contributed by atoms with Gasteiger partial charge in [0, 0.05) is 37.0 Å². The summed E-state index contributed by atoms with van der Waals surface area (Å²) in [7, 11) is 1.64. The first kappa shape index (κ1) is 20.6. The predicted molar refractivity (Wildman–Crippen MR) is 123 cm³/mol. The zero-order chi connectivity index (χ0) is 23.6. The van der Waals surface area contributed by atoms with Crippen LogP contribution in [0.1, 0.15) is 47.0 Å². The highest BCUT2D eigenvalue weighted by molar-refractivity contribution is 6.04. The molecule has 2 aromatic carbocycles. The van der Waals surface area contributed by atoms with Crippen LogP contribution in [0.25, 0.3) is 27.8 Å². The van der Waals surface area contributed by atoms with Crippen molar-refractivity contribution in [1.29, 1.82) is 0 Å². The molecule has 0 unspecified atom stereocenters. The molecule has 2 amide bonds. The van der Waals surface area contributed by atoms with Crippen molar-refractivity contribution in [2.75, 3.05) is 13.6 Å². The third kappa shape index (κ3) is 3.12. The molecule has 1 saturated carbocycles. The molecular formula is C25H23N5O4. The first-order valence-electron chi connectivity index (χ1n) is 11.2. The van der Waals surface area contributed by atoms with Gasteiger partial charge in [0.25, 0.3) is 11.8 Å². The number of likely N-dealkylation sites (N-methyl/N-ethyl adjacent to an activating group) is 1. The Kier molecular flexibility index (Phi) is 4.40. The number of nitrogens with two attached hydrogens (primary N) is 1. The van der Waals surface area contributed by atoms with E-state index in [9.17, 15) is 14.7 Å². The molecule has 172 valence electrons. The van der Waals surface area contributed by atoms with Crippen LogP contribution >= 0.6 is 0 Å². The predicted octanol–water partition coefficient (Wildman–Crippen LogP) is 2.71. The molecule has 2 fully saturated rings. The number of amides is 2. The quantitative estimate of drug-likeness (QED) is 0.474. The highest BCUT2D eigenvalue weighted by Crippen LogP contribution is 2.41. The maximum absolute atomic E-state index is 12.4. The van der Waals surface area contributed by atoms with Gasteiger partial charge in [0.2, 0.25) is 5.60 Å². The lowest BCUT2D eigenvalue weighted by Crippen LogP contribution is -2.35. The molecule has 4 aromatic rings. The minimum absolute atomic E-state index is 0.121. The summed E-state index contributed by atoms with van der Waals surface area (Å²) < 4.78 is 7.08. The number of likely N-dealkylation sites (tertiary alicyclic amines) is 1. The van der Waals surface area contributed by atoms with Crippen LogP contribution in [0.3, 0.4) is 0 Å². The van der Waals surface area contributed by atoms with Gasteiger partial charge in [-0.05, 0) is 48.6 Å². The SMILES string of the molecule is CN1CC[C@@](O)(c2cc(-c3cccc(-n4nc(C(N)=O)c5cc(C6CC6)ccc54)c3)no2)C1=O. The van der Waals surface area contributed by atoms with Crippen LogP contribution in [0.5, 0.6) is 0 Å². The molecule has 1 aliphatic carbocycles. The number of carbonyl (C=O) groups is 2. The Hall–Kier alpha value is -3.98. The molecule has 1 saturated heterocycles. The number of primary amides is 1. The molecule has 2 aromatic heterocycles. The van der Waals surface area contributed by atoms with Crippen LogP contribution in [-0.2, 0) is 10.4 Å². The van der Waals surface area contributed by atoms with Gasteiger partial charge in [0.05, 0.1) is 11.2 Å². The van der Waals surface area contributed by atoms with Crippen LogP contribution < -0.4 is 5.73 Å². The lowest BCUT2D eigenvalue weighted by molar-refractivity contribution is -0.144. The molecule has 6 rings (SSSR count). The summed E-state index contributed by atoms with van der Waals surface area (Å²) in [6.45, 7) is 0.442. The van der Waals surface area contributed by atoms with E-state index >= 15 is 0 Å². The van der Waals surface area contributed by atoms with Crippen LogP contribution in [0.15, 0.2) is 53.1 Å². The molecule has 2 aliphatic rings. The largest absolute Gasteiger partial charge is 0.373 e. The monoisotopic (exact) mass is 457 g/mol. The molecule has 3 N–H and O–H groups in total. The summed E-state index contributed by atoms with van der Waals surface area (Å²) >= 11 is 0. The van der Waals surface area contributed by atoms with Gasteiger partial charge in [-0.2, -0.15) is 5.10 Å². The van der Waals surface area contributed by atoms with E-state index in [2.05, 4.69) is 16.3 Å². The number of aromatic nitrogens is 3. The molecule has 9 nitrogen and oxygen atoms in total. The average Bonchev–Trinajstić information content (AvgIpc) is 3.34. The lowest BCUT2D eigenvalue weighted by Gasteiger charge is -2.16. The van der Waals surface area contributed by atoms with E-state index in [1.165, 1.54) is 10.5 Å². The zero-order valence-electron chi connectivity index (χ0n) is 18.6. The number of aliphatic hydroxyl groups is 1. The van der Waals surface area contributed by atoms with E-state index in [-0.39, 0.29) is 17.9 Å². The smallest absolute Gasteiger partial charge is 0.269 e. The Morgan fingerprint density at radius 3 is 2.74 bits per heavy atom. The number of benzene rings is 2. The molecule has 0 radical (unpaired) electrons. The van der Waals surface area contributed by atoms with E-state index in [0.29, 0.717) is 29.4 Å². The van der Waals surface area contributed by atoms with Crippen molar-refractivity contribution >= 4 is 22.7 Å². The second kappa shape index (κ2) is 7.26. The maximum Gasteiger partial charge on any atom is 0.269 e. The molecule has 3 heterocycles. The van der Waals surface area contributed by atoms with Crippen molar-refractivity contribution in [1.82, 2.24) is 19.8 Å². The van der Waals surface area contributed by atoms with Gasteiger partial charge in [-0.25, -0.2) is 4.68 Å². The standard InChI is InChI=1S/C25H23N5O4/c1-29-10-9-25(33,24(29)32)21-13-19(28-34-21)16-3-2-4-17(11-16)30-20-8-7-15(14-5-6-14)12-18(20)22(27-30)23(26)31/h2-4,7-8,11-14,33H,5-6,9-10H2,1H3,(H2,26,31)/t25-/m1/s1. The third-order valence-corrected chi connectivity index (χ3v) is 6.80. The van der Waals surface area contributed by atoms with Crippen molar-refractivity contribution in [2.45, 2.75) is 30.8 Å². The summed E-state index contributed by atoms with van der Waals surface area (Å²) in [4.78, 5) is 26.0. The molecule has 1 atom stereocenters.